The van der Waals surface area contributed by atoms with Gasteiger partial charge < -0.3 is 4.57 Å². The van der Waals surface area contributed by atoms with Crippen molar-refractivity contribution in [3.8, 4) is 0 Å². The van der Waals surface area contributed by atoms with Gasteiger partial charge in [-0.2, -0.15) is 0 Å². The third-order valence-electron chi connectivity index (χ3n) is 3.63. The minimum absolute atomic E-state index is 0.0677. The van der Waals surface area contributed by atoms with E-state index in [-0.39, 0.29) is 22.7 Å². The molecule has 1 aromatic heterocycles. The number of hydrogen-bond donors (Lipinski definition) is 0. The highest BCUT2D eigenvalue weighted by Crippen LogP contribution is 2.25. The van der Waals surface area contributed by atoms with Gasteiger partial charge in [0, 0.05) is 19.5 Å². The maximum atomic E-state index is 12.4. The monoisotopic (exact) mass is 329 g/mol. The van der Waals surface area contributed by atoms with Crippen molar-refractivity contribution in [3.63, 3.8) is 0 Å². The highest BCUT2D eigenvalue weighted by Gasteiger charge is 2.15. The van der Waals surface area contributed by atoms with Gasteiger partial charge in [0.05, 0.1) is 16.0 Å². The van der Waals surface area contributed by atoms with Crippen molar-refractivity contribution in [2.45, 2.75) is 6.42 Å². The van der Waals surface area contributed by atoms with Crippen LogP contribution in [0.15, 0.2) is 47.3 Å². The summed E-state index contributed by atoms with van der Waals surface area (Å²) in [6.07, 6.45) is 0.204. The second kappa shape index (κ2) is 5.81. The zero-order chi connectivity index (χ0) is 16.6. The van der Waals surface area contributed by atoms with Gasteiger partial charge in [-0.15, -0.1) is 0 Å². The van der Waals surface area contributed by atoms with Crippen LogP contribution in [0.4, 0.5) is 5.69 Å². The second-order valence-corrected chi connectivity index (χ2v) is 5.54. The minimum Gasteiger partial charge on any atom is -0.308 e. The molecule has 0 atom stereocenters. The van der Waals surface area contributed by atoms with Crippen molar-refractivity contribution in [1.82, 2.24) is 9.55 Å². The first kappa shape index (κ1) is 15.2. The number of aryl methyl sites for hydroxylation is 1. The molecule has 0 aliphatic carbocycles. The smallest absolute Gasteiger partial charge is 0.288 e. The van der Waals surface area contributed by atoms with Crippen molar-refractivity contribution in [3.05, 3.63) is 79.2 Å². The minimum atomic E-state index is -0.544. The summed E-state index contributed by atoms with van der Waals surface area (Å²) in [4.78, 5) is 27.2. The van der Waals surface area contributed by atoms with Crippen molar-refractivity contribution in [2.75, 3.05) is 0 Å². The van der Waals surface area contributed by atoms with Crippen molar-refractivity contribution >= 4 is 28.3 Å². The van der Waals surface area contributed by atoms with E-state index in [0.29, 0.717) is 16.8 Å². The summed E-state index contributed by atoms with van der Waals surface area (Å²) in [5, 5.41) is 11.0. The molecule has 3 rings (SSSR count). The van der Waals surface area contributed by atoms with E-state index in [1.54, 1.807) is 13.1 Å². The maximum absolute atomic E-state index is 12.4. The fraction of sp³-hybridized carbons (Fsp3) is 0.125. The Labute approximate surface area is 136 Å². The SMILES string of the molecule is Cn1c(=O)c(Cc2ccc(Cl)c([N+](=O)[O-])c2)nc2ccccc21. The molecule has 0 amide bonds. The summed E-state index contributed by atoms with van der Waals surface area (Å²) < 4.78 is 1.53. The number of hydrogen-bond acceptors (Lipinski definition) is 4. The molecule has 23 heavy (non-hydrogen) atoms. The van der Waals surface area contributed by atoms with Gasteiger partial charge >= 0.3 is 0 Å². The third-order valence-corrected chi connectivity index (χ3v) is 3.95. The van der Waals surface area contributed by atoms with Gasteiger partial charge in [0.15, 0.2) is 0 Å². The van der Waals surface area contributed by atoms with E-state index < -0.39 is 4.92 Å². The first-order valence-electron chi connectivity index (χ1n) is 6.85. The molecule has 0 saturated carbocycles. The summed E-state index contributed by atoms with van der Waals surface area (Å²) in [5.74, 6) is 0. The fourth-order valence-corrected chi connectivity index (χ4v) is 2.64. The van der Waals surface area contributed by atoms with Gasteiger partial charge in [0.1, 0.15) is 10.7 Å². The first-order valence-corrected chi connectivity index (χ1v) is 7.22. The zero-order valence-corrected chi connectivity index (χ0v) is 12.9. The standard InChI is InChI=1S/C16H12ClN3O3/c1-19-14-5-3-2-4-12(14)18-13(16(19)21)8-10-6-7-11(17)15(9-10)20(22)23/h2-7,9H,8H2,1H3. The number of nitro groups is 1. The Morgan fingerprint density at radius 1 is 1.26 bits per heavy atom. The lowest BCUT2D eigenvalue weighted by Gasteiger charge is -2.08. The Morgan fingerprint density at radius 2 is 2.00 bits per heavy atom. The molecule has 0 bridgehead atoms. The van der Waals surface area contributed by atoms with Crippen molar-refractivity contribution < 1.29 is 4.92 Å². The molecule has 0 radical (unpaired) electrons. The van der Waals surface area contributed by atoms with Crippen LogP contribution < -0.4 is 5.56 Å². The van der Waals surface area contributed by atoms with E-state index in [9.17, 15) is 14.9 Å². The molecule has 116 valence electrons. The molecule has 0 aliphatic heterocycles. The van der Waals surface area contributed by atoms with Gasteiger partial charge in [-0.25, -0.2) is 4.98 Å². The molecule has 0 N–H and O–H groups in total. The zero-order valence-electron chi connectivity index (χ0n) is 12.2. The maximum Gasteiger partial charge on any atom is 0.288 e. The number of para-hydroxylation sites is 2. The summed E-state index contributed by atoms with van der Waals surface area (Å²) in [5.41, 5.74) is 1.99. The average molecular weight is 330 g/mol. The van der Waals surface area contributed by atoms with E-state index >= 15 is 0 Å². The van der Waals surface area contributed by atoms with E-state index in [2.05, 4.69) is 4.98 Å². The molecule has 6 nitrogen and oxygen atoms in total. The predicted octanol–water partition coefficient (Wildman–Crippen LogP) is 3.09. The highest BCUT2D eigenvalue weighted by atomic mass is 35.5. The highest BCUT2D eigenvalue weighted by molar-refractivity contribution is 6.32. The van der Waals surface area contributed by atoms with Crippen LogP contribution >= 0.6 is 11.6 Å². The number of aromatic nitrogens is 2. The lowest BCUT2D eigenvalue weighted by Crippen LogP contribution is -2.23. The van der Waals surface area contributed by atoms with Crippen LogP contribution in [0.5, 0.6) is 0 Å². The Bertz CT molecular complexity index is 982. The van der Waals surface area contributed by atoms with Crippen LogP contribution in [0.2, 0.25) is 5.02 Å². The van der Waals surface area contributed by atoms with Crippen LogP contribution in [-0.2, 0) is 13.5 Å². The number of halogens is 1. The van der Waals surface area contributed by atoms with Gasteiger partial charge in [-0.3, -0.25) is 14.9 Å². The second-order valence-electron chi connectivity index (χ2n) is 5.13. The molecular weight excluding hydrogens is 318 g/mol. The van der Waals surface area contributed by atoms with Gasteiger partial charge in [-0.05, 0) is 23.8 Å². The largest absolute Gasteiger partial charge is 0.308 e. The lowest BCUT2D eigenvalue weighted by atomic mass is 10.1. The summed E-state index contributed by atoms with van der Waals surface area (Å²) in [6, 6.07) is 11.8. The van der Waals surface area contributed by atoms with Gasteiger partial charge in [0.2, 0.25) is 0 Å². The van der Waals surface area contributed by atoms with E-state index in [1.165, 1.54) is 16.7 Å². The number of nitrogens with zero attached hydrogens (tertiary/aromatic N) is 3. The number of fused-ring (bicyclic) bond motifs is 1. The molecule has 3 aromatic rings. The molecule has 7 heteroatoms. The average Bonchev–Trinajstić information content (AvgIpc) is 2.54. The fourth-order valence-electron chi connectivity index (χ4n) is 2.46. The molecule has 0 unspecified atom stereocenters. The number of benzene rings is 2. The van der Waals surface area contributed by atoms with Gasteiger partial charge in [0.25, 0.3) is 11.2 Å². The molecule has 1 heterocycles. The van der Waals surface area contributed by atoms with E-state index in [1.807, 2.05) is 24.3 Å². The van der Waals surface area contributed by atoms with Crippen LogP contribution in [0.25, 0.3) is 11.0 Å². The predicted molar refractivity (Wildman–Crippen MR) is 87.9 cm³/mol. The molecule has 2 aromatic carbocycles. The third kappa shape index (κ3) is 2.80. The van der Waals surface area contributed by atoms with E-state index in [4.69, 9.17) is 11.6 Å². The topological polar surface area (TPSA) is 78.0 Å². The normalized spacial score (nSPS) is 10.9. The molecule has 0 saturated heterocycles. The van der Waals surface area contributed by atoms with Crippen LogP contribution in [0, 0.1) is 10.1 Å². The van der Waals surface area contributed by atoms with Gasteiger partial charge in [-0.1, -0.05) is 29.8 Å². The molecule has 0 fully saturated rings. The summed E-state index contributed by atoms with van der Waals surface area (Å²) in [7, 11) is 1.68. The molecular formula is C16H12ClN3O3. The molecule has 0 spiro atoms. The van der Waals surface area contributed by atoms with Crippen LogP contribution in [-0.4, -0.2) is 14.5 Å². The Kier molecular flexibility index (Phi) is 3.83. The van der Waals surface area contributed by atoms with E-state index in [0.717, 1.165) is 5.52 Å². The quantitative estimate of drug-likeness (QED) is 0.546. The van der Waals surface area contributed by atoms with Crippen LogP contribution in [0.3, 0.4) is 0 Å². The lowest BCUT2D eigenvalue weighted by molar-refractivity contribution is -0.384. The Hall–Kier alpha value is -2.73. The number of nitro benzene ring substituents is 1. The summed E-state index contributed by atoms with van der Waals surface area (Å²) in [6.45, 7) is 0. The van der Waals surface area contributed by atoms with Crippen molar-refractivity contribution in [2.24, 2.45) is 7.05 Å². The Morgan fingerprint density at radius 3 is 2.74 bits per heavy atom. The van der Waals surface area contributed by atoms with Crippen molar-refractivity contribution in [1.29, 1.82) is 0 Å². The van der Waals surface area contributed by atoms with Crippen LogP contribution in [0.1, 0.15) is 11.3 Å². The number of rotatable bonds is 3. The molecule has 0 aliphatic rings. The summed E-state index contributed by atoms with van der Waals surface area (Å²) >= 11 is 5.81. The first-order chi connectivity index (χ1) is 11.0. The Balaban J connectivity index is 2.09.